The van der Waals surface area contributed by atoms with E-state index in [9.17, 15) is 20.1 Å². The van der Waals surface area contributed by atoms with Gasteiger partial charge in [-0.05, 0) is 44.9 Å². The van der Waals surface area contributed by atoms with Crippen molar-refractivity contribution in [3.05, 3.63) is 24.3 Å². The van der Waals surface area contributed by atoms with E-state index in [4.69, 9.17) is 0 Å². The van der Waals surface area contributed by atoms with Crippen molar-refractivity contribution in [3.8, 4) is 0 Å². The van der Waals surface area contributed by atoms with Crippen LogP contribution in [0, 0.1) is 0 Å². The summed E-state index contributed by atoms with van der Waals surface area (Å²) in [5.41, 5.74) is 0. The third-order valence-electron chi connectivity index (χ3n) is 11.0. The number of allylic oxidation sites excluding steroid dienone is 3. The first kappa shape index (κ1) is 51.8. The smallest absolute Gasteiger partial charge is 0.222 e. The number of aliphatic hydroxyl groups excluding tert-OH is 3. The highest BCUT2D eigenvalue weighted by atomic mass is 16.3. The third-order valence-corrected chi connectivity index (χ3v) is 11.0. The van der Waals surface area contributed by atoms with Gasteiger partial charge >= 0.3 is 0 Å². The summed E-state index contributed by atoms with van der Waals surface area (Å²) in [4.78, 5) is 12.5. The van der Waals surface area contributed by atoms with Gasteiger partial charge in [0.15, 0.2) is 0 Å². The van der Waals surface area contributed by atoms with E-state index in [0.29, 0.717) is 6.42 Å². The second-order valence-electron chi connectivity index (χ2n) is 16.4. The second-order valence-corrected chi connectivity index (χ2v) is 16.4. The number of carbonyl (C=O) groups is 1. The highest BCUT2D eigenvalue weighted by Gasteiger charge is 2.20. The van der Waals surface area contributed by atoms with Crippen LogP contribution in [0.1, 0.15) is 251 Å². The second kappa shape index (κ2) is 43.6. The van der Waals surface area contributed by atoms with Gasteiger partial charge in [-0.15, -0.1) is 0 Å². The number of rotatable bonds is 43. The molecule has 314 valence electrons. The Bertz CT molecular complexity index is 784. The van der Waals surface area contributed by atoms with Crippen LogP contribution in [0.15, 0.2) is 24.3 Å². The number of aliphatic hydroxyl groups is 3. The minimum Gasteiger partial charge on any atom is -0.394 e. The molecule has 0 aromatic rings. The molecule has 4 N–H and O–H groups in total. The Balaban J connectivity index is 3.64. The molecule has 0 radical (unpaired) electrons. The fraction of sp³-hybridized carbons (Fsp3) is 0.896. The van der Waals surface area contributed by atoms with Gasteiger partial charge in [-0.3, -0.25) is 4.79 Å². The molecule has 0 aliphatic heterocycles. The Morgan fingerprint density at radius 2 is 0.792 bits per heavy atom. The average Bonchev–Trinajstić information content (AvgIpc) is 3.15. The summed E-state index contributed by atoms with van der Waals surface area (Å²) < 4.78 is 0. The summed E-state index contributed by atoms with van der Waals surface area (Å²) in [5.74, 6) is -0.318. The quantitative estimate of drug-likeness (QED) is 0.0369. The molecule has 0 rings (SSSR count). The molecule has 0 saturated heterocycles. The van der Waals surface area contributed by atoms with E-state index in [2.05, 4.69) is 31.3 Å². The largest absolute Gasteiger partial charge is 0.394 e. The predicted molar refractivity (Wildman–Crippen MR) is 231 cm³/mol. The zero-order valence-electron chi connectivity index (χ0n) is 35.7. The Morgan fingerprint density at radius 3 is 1.15 bits per heavy atom. The summed E-state index contributed by atoms with van der Waals surface area (Å²) in [6, 6.07) is -0.745. The van der Waals surface area contributed by atoms with Crippen LogP contribution < -0.4 is 5.32 Å². The zero-order chi connectivity index (χ0) is 38.7. The van der Waals surface area contributed by atoms with Crippen LogP contribution in [0.25, 0.3) is 0 Å². The van der Waals surface area contributed by atoms with Gasteiger partial charge in [0, 0.05) is 0 Å². The van der Waals surface area contributed by atoms with Crippen molar-refractivity contribution in [1.29, 1.82) is 0 Å². The lowest BCUT2D eigenvalue weighted by molar-refractivity contribution is -0.124. The molecule has 0 aliphatic rings. The van der Waals surface area contributed by atoms with Crippen LogP contribution in [0.5, 0.6) is 0 Å². The number of unbranched alkanes of at least 4 members (excludes halogenated alkanes) is 32. The van der Waals surface area contributed by atoms with Crippen LogP contribution in [0.2, 0.25) is 0 Å². The number of hydrogen-bond donors (Lipinski definition) is 4. The van der Waals surface area contributed by atoms with Crippen molar-refractivity contribution in [2.24, 2.45) is 0 Å². The van der Waals surface area contributed by atoms with Crippen LogP contribution in [-0.2, 0) is 4.79 Å². The van der Waals surface area contributed by atoms with Crippen LogP contribution >= 0.6 is 0 Å². The molecule has 0 heterocycles. The molecule has 0 aliphatic carbocycles. The van der Waals surface area contributed by atoms with E-state index in [-0.39, 0.29) is 18.9 Å². The van der Waals surface area contributed by atoms with Crippen molar-refractivity contribution < 1.29 is 20.1 Å². The molecule has 0 saturated carbocycles. The van der Waals surface area contributed by atoms with Gasteiger partial charge in [0.25, 0.3) is 0 Å². The van der Waals surface area contributed by atoms with E-state index in [0.717, 1.165) is 38.5 Å². The van der Waals surface area contributed by atoms with Crippen molar-refractivity contribution >= 4 is 5.91 Å². The molecule has 5 nitrogen and oxygen atoms in total. The topological polar surface area (TPSA) is 89.8 Å². The van der Waals surface area contributed by atoms with Crippen molar-refractivity contribution in [3.63, 3.8) is 0 Å². The lowest BCUT2D eigenvalue weighted by Crippen LogP contribution is -2.45. The molecule has 53 heavy (non-hydrogen) atoms. The van der Waals surface area contributed by atoms with E-state index >= 15 is 0 Å². The lowest BCUT2D eigenvalue weighted by atomic mass is 10.0. The Kier molecular flexibility index (Phi) is 42.6. The molecule has 1 amide bonds. The third kappa shape index (κ3) is 40.3. The SMILES string of the molecule is CCCCCCCCCCCCC/C=C\CCCCCCCC(O)CC(=O)NC(CO)C(O)/C=C/CCCCCCCCCCCCCCCCCC. The summed E-state index contributed by atoms with van der Waals surface area (Å²) in [6.45, 7) is 4.23. The summed E-state index contributed by atoms with van der Waals surface area (Å²) >= 11 is 0. The first-order valence-corrected chi connectivity index (χ1v) is 23.6. The lowest BCUT2D eigenvalue weighted by Gasteiger charge is -2.21. The van der Waals surface area contributed by atoms with E-state index in [1.165, 1.54) is 186 Å². The van der Waals surface area contributed by atoms with E-state index < -0.39 is 18.2 Å². The van der Waals surface area contributed by atoms with Crippen LogP contribution in [0.4, 0.5) is 0 Å². The van der Waals surface area contributed by atoms with Crippen LogP contribution in [-0.4, -0.2) is 46.1 Å². The maximum absolute atomic E-state index is 12.5. The Hall–Kier alpha value is -1.17. The fourth-order valence-corrected chi connectivity index (χ4v) is 7.34. The molecular weight excluding hydrogens is 655 g/mol. The Morgan fingerprint density at radius 1 is 0.472 bits per heavy atom. The first-order valence-electron chi connectivity index (χ1n) is 23.6. The van der Waals surface area contributed by atoms with Crippen molar-refractivity contribution in [2.75, 3.05) is 6.61 Å². The van der Waals surface area contributed by atoms with Gasteiger partial charge in [0.05, 0.1) is 31.3 Å². The number of amides is 1. The van der Waals surface area contributed by atoms with Gasteiger partial charge in [0.2, 0.25) is 5.91 Å². The van der Waals surface area contributed by atoms with Gasteiger partial charge in [-0.25, -0.2) is 0 Å². The van der Waals surface area contributed by atoms with Gasteiger partial charge in [0.1, 0.15) is 0 Å². The van der Waals surface area contributed by atoms with Gasteiger partial charge in [-0.2, -0.15) is 0 Å². The molecule has 0 spiro atoms. The Labute approximate surface area is 331 Å². The standard InChI is InChI=1S/C48H93NO4/c1-3-5-7-9-11-13-15-17-19-21-23-24-25-27-29-31-33-35-37-39-41-45(51)43-48(53)49-46(44-50)47(52)42-40-38-36-34-32-30-28-26-22-20-18-16-14-12-10-8-6-4-2/h25,27,40,42,45-47,50-52H,3-24,26,28-39,41,43-44H2,1-2H3,(H,49,53)/b27-25-,42-40+. The average molecular weight is 748 g/mol. The normalized spacial score (nSPS) is 13.7. The predicted octanol–water partition coefficient (Wildman–Crippen LogP) is 13.8. The maximum Gasteiger partial charge on any atom is 0.222 e. The molecule has 0 fully saturated rings. The highest BCUT2D eigenvalue weighted by Crippen LogP contribution is 2.16. The number of hydrogen-bond acceptors (Lipinski definition) is 4. The van der Waals surface area contributed by atoms with Crippen molar-refractivity contribution in [1.82, 2.24) is 5.32 Å². The van der Waals surface area contributed by atoms with Gasteiger partial charge < -0.3 is 20.6 Å². The molecule has 0 aromatic carbocycles. The van der Waals surface area contributed by atoms with Crippen molar-refractivity contribution in [2.45, 2.75) is 270 Å². The molecule has 5 heteroatoms. The highest BCUT2D eigenvalue weighted by molar-refractivity contribution is 5.76. The number of nitrogens with one attached hydrogen (secondary N) is 1. The molecule has 3 atom stereocenters. The molecule has 3 unspecified atom stereocenters. The summed E-state index contributed by atoms with van der Waals surface area (Å²) in [7, 11) is 0. The van der Waals surface area contributed by atoms with Gasteiger partial charge in [-0.1, -0.05) is 224 Å². The minimum atomic E-state index is -0.929. The summed E-state index contributed by atoms with van der Waals surface area (Å²) in [5, 5.41) is 33.3. The van der Waals surface area contributed by atoms with E-state index in [1.807, 2.05) is 6.08 Å². The maximum atomic E-state index is 12.5. The van der Waals surface area contributed by atoms with E-state index in [1.54, 1.807) is 6.08 Å². The number of carbonyl (C=O) groups excluding carboxylic acids is 1. The monoisotopic (exact) mass is 748 g/mol. The first-order chi connectivity index (χ1) is 26.0. The molecule has 0 aromatic heterocycles. The van der Waals surface area contributed by atoms with Crippen LogP contribution in [0.3, 0.4) is 0 Å². The minimum absolute atomic E-state index is 0.00997. The fourth-order valence-electron chi connectivity index (χ4n) is 7.34. The summed E-state index contributed by atoms with van der Waals surface area (Å²) in [6.07, 6.45) is 53.3. The molecular formula is C48H93NO4. The zero-order valence-corrected chi connectivity index (χ0v) is 35.7. The molecule has 0 bridgehead atoms.